The third kappa shape index (κ3) is 17.7. The third-order valence-electron chi connectivity index (χ3n) is 2.93. The summed E-state index contributed by atoms with van der Waals surface area (Å²) in [6.45, 7) is 2.12. The molecule has 0 heterocycles. The van der Waals surface area contributed by atoms with Gasteiger partial charge in [-0.2, -0.15) is 0 Å². The van der Waals surface area contributed by atoms with Crippen LogP contribution in [0.5, 0.6) is 0 Å². The second-order valence-corrected chi connectivity index (χ2v) is 8.09. The van der Waals surface area contributed by atoms with E-state index in [1.165, 1.54) is 6.92 Å². The third-order valence-corrected chi connectivity index (χ3v) is 2.93. The molecule has 0 amide bonds. The van der Waals surface area contributed by atoms with Crippen molar-refractivity contribution in [1.29, 1.82) is 0 Å². The highest BCUT2D eigenvalue weighted by molar-refractivity contribution is 5.73. The Balaban J connectivity index is -0.00000264. The summed E-state index contributed by atoms with van der Waals surface area (Å²) >= 11 is 0. The molecule has 0 aliphatic rings. The van der Waals surface area contributed by atoms with Crippen LogP contribution in [0.4, 0.5) is 0 Å². The van der Waals surface area contributed by atoms with Crippen molar-refractivity contribution in [1.82, 2.24) is 0 Å². The fourth-order valence-electron chi connectivity index (χ4n) is 2.36. The van der Waals surface area contributed by atoms with Gasteiger partial charge in [0.15, 0.2) is 12.2 Å². The molecule has 0 saturated heterocycles. The number of carboxylic acid groups (broad SMARTS) is 1. The predicted molar refractivity (Wildman–Crippen MR) is 88.1 cm³/mol. The highest BCUT2D eigenvalue weighted by atomic mass is 35.5. The lowest BCUT2D eigenvalue weighted by molar-refractivity contribution is -0.873. The van der Waals surface area contributed by atoms with Crippen molar-refractivity contribution in [2.75, 3.05) is 55.4 Å². The molecule has 0 aliphatic heterocycles. The van der Waals surface area contributed by atoms with Gasteiger partial charge in [-0.15, -0.1) is 0 Å². The first kappa shape index (κ1) is 29.7. The SMILES string of the molecule is CC(=O)OC(CC(=O)OC(CC(=O)O)C[N+](C)(C)C)C[N+](C)(C)C.[Cl-].[Cl-]. The van der Waals surface area contributed by atoms with Crippen LogP contribution in [0.3, 0.4) is 0 Å². The van der Waals surface area contributed by atoms with Crippen LogP contribution in [0, 0.1) is 0 Å². The second kappa shape index (κ2) is 12.3. The van der Waals surface area contributed by atoms with Gasteiger partial charge in [0.25, 0.3) is 0 Å². The van der Waals surface area contributed by atoms with Crippen molar-refractivity contribution < 1.29 is 62.7 Å². The molecule has 0 radical (unpaired) electrons. The number of quaternary nitrogens is 2. The standard InChI is InChI=1S/C16H31N2O6.2ClH/c1-12(19)23-14(11-18(5,6)7)9-16(22)24-13(8-15(20)21)10-17(2,3)4;;/h13-14H,8-11H2,1-7H3;2*1H/q+1;;/p-1. The zero-order valence-corrected chi connectivity index (χ0v) is 18.1. The smallest absolute Gasteiger partial charge is 0.310 e. The summed E-state index contributed by atoms with van der Waals surface area (Å²) in [5.74, 6) is -2.05. The van der Waals surface area contributed by atoms with Gasteiger partial charge in [-0.3, -0.25) is 14.4 Å². The predicted octanol–water partition coefficient (Wildman–Crippen LogP) is -5.88. The minimum Gasteiger partial charge on any atom is -1.00 e. The lowest BCUT2D eigenvalue weighted by Gasteiger charge is -2.30. The minimum absolute atomic E-state index is 0. The van der Waals surface area contributed by atoms with Crippen LogP contribution in [0.25, 0.3) is 0 Å². The maximum Gasteiger partial charge on any atom is 0.310 e. The first-order valence-electron chi connectivity index (χ1n) is 7.87. The molecule has 0 bridgehead atoms. The van der Waals surface area contributed by atoms with Crippen molar-refractivity contribution in [2.45, 2.75) is 32.0 Å². The summed E-state index contributed by atoms with van der Waals surface area (Å²) in [7, 11) is 11.4. The molecule has 0 aliphatic carbocycles. The van der Waals surface area contributed by atoms with E-state index in [4.69, 9.17) is 14.6 Å². The first-order valence-corrected chi connectivity index (χ1v) is 7.87. The molecule has 0 saturated carbocycles. The second-order valence-electron chi connectivity index (χ2n) is 8.09. The van der Waals surface area contributed by atoms with Crippen LogP contribution in [-0.2, 0) is 23.9 Å². The fraction of sp³-hybridized carbons (Fsp3) is 0.812. The summed E-state index contributed by atoms with van der Waals surface area (Å²) in [4.78, 5) is 34.4. The maximum absolute atomic E-state index is 12.2. The highest BCUT2D eigenvalue weighted by Crippen LogP contribution is 2.11. The number of hydrogen-bond acceptors (Lipinski definition) is 5. The summed E-state index contributed by atoms with van der Waals surface area (Å²) in [6, 6.07) is 0. The maximum atomic E-state index is 12.2. The number of esters is 2. The van der Waals surface area contributed by atoms with Gasteiger partial charge in [-0.05, 0) is 0 Å². The van der Waals surface area contributed by atoms with E-state index >= 15 is 0 Å². The molecule has 1 N–H and O–H groups in total. The number of carbonyl (C=O) groups is 3. The quantitative estimate of drug-likeness (QED) is 0.280. The Bertz CT molecular complexity index is 421. The lowest BCUT2D eigenvalue weighted by atomic mass is 10.2. The molecule has 0 rings (SSSR count). The molecule has 2 unspecified atom stereocenters. The van der Waals surface area contributed by atoms with Gasteiger partial charge in [0, 0.05) is 6.92 Å². The van der Waals surface area contributed by atoms with E-state index in [1.807, 2.05) is 42.3 Å². The molecule has 0 aromatic carbocycles. The van der Waals surface area contributed by atoms with Crippen molar-refractivity contribution >= 4 is 17.9 Å². The topological polar surface area (TPSA) is 89.9 Å². The Labute approximate surface area is 168 Å². The molecular weight excluding hydrogens is 387 g/mol. The summed E-state index contributed by atoms with van der Waals surface area (Å²) < 4.78 is 11.5. The van der Waals surface area contributed by atoms with Gasteiger partial charge in [-0.1, -0.05) is 0 Å². The zero-order chi connectivity index (χ0) is 19.1. The summed E-state index contributed by atoms with van der Waals surface area (Å²) in [5.41, 5.74) is 0. The molecule has 0 fully saturated rings. The van der Waals surface area contributed by atoms with E-state index in [-0.39, 0.29) is 37.7 Å². The van der Waals surface area contributed by atoms with Crippen LogP contribution in [0.1, 0.15) is 19.8 Å². The van der Waals surface area contributed by atoms with Gasteiger partial charge < -0.3 is 48.4 Å². The van der Waals surface area contributed by atoms with Crippen molar-refractivity contribution in [3.05, 3.63) is 0 Å². The van der Waals surface area contributed by atoms with E-state index in [1.54, 1.807) is 0 Å². The molecular formula is C16H32Cl2N2O6. The number of nitrogens with zero attached hydrogens (tertiary/aromatic N) is 2. The number of rotatable bonds is 10. The van der Waals surface area contributed by atoms with E-state index in [2.05, 4.69) is 0 Å². The van der Waals surface area contributed by atoms with Gasteiger partial charge in [0.2, 0.25) is 0 Å². The van der Waals surface area contributed by atoms with Crippen LogP contribution in [0.15, 0.2) is 0 Å². The average Bonchev–Trinajstić information content (AvgIpc) is 2.20. The molecule has 26 heavy (non-hydrogen) atoms. The highest BCUT2D eigenvalue weighted by Gasteiger charge is 2.29. The van der Waals surface area contributed by atoms with Gasteiger partial charge in [0.1, 0.15) is 13.1 Å². The van der Waals surface area contributed by atoms with Crippen LogP contribution < -0.4 is 24.8 Å². The first-order chi connectivity index (χ1) is 10.7. The number of ether oxygens (including phenoxy) is 2. The molecule has 10 heteroatoms. The number of carbonyl (C=O) groups excluding carboxylic acids is 2. The fourth-order valence-corrected chi connectivity index (χ4v) is 2.36. The van der Waals surface area contributed by atoms with E-state index in [0.717, 1.165) is 0 Å². The average molecular weight is 419 g/mol. The Hall–Kier alpha value is -1.09. The van der Waals surface area contributed by atoms with E-state index in [0.29, 0.717) is 22.1 Å². The Kier molecular flexibility index (Phi) is 14.1. The van der Waals surface area contributed by atoms with Gasteiger partial charge in [0.05, 0.1) is 55.1 Å². The summed E-state index contributed by atoms with van der Waals surface area (Å²) in [6.07, 6.45) is -1.68. The molecule has 0 spiro atoms. The van der Waals surface area contributed by atoms with Crippen LogP contribution in [-0.4, -0.2) is 99.6 Å². The zero-order valence-electron chi connectivity index (χ0n) is 16.6. The largest absolute Gasteiger partial charge is 1.00 e. The monoisotopic (exact) mass is 418 g/mol. The van der Waals surface area contributed by atoms with Crippen molar-refractivity contribution in [2.24, 2.45) is 0 Å². The molecule has 8 nitrogen and oxygen atoms in total. The lowest BCUT2D eigenvalue weighted by Crippen LogP contribution is -3.00. The van der Waals surface area contributed by atoms with Crippen LogP contribution >= 0.6 is 0 Å². The van der Waals surface area contributed by atoms with Gasteiger partial charge >= 0.3 is 17.9 Å². The Morgan fingerprint density at radius 3 is 1.50 bits per heavy atom. The number of hydrogen-bond donors (Lipinski definition) is 1. The number of likely N-dealkylation sites (N-methyl/N-ethyl adjacent to an activating group) is 2. The van der Waals surface area contributed by atoms with Crippen molar-refractivity contribution in [3.8, 4) is 0 Å². The van der Waals surface area contributed by atoms with E-state index < -0.39 is 30.1 Å². The van der Waals surface area contributed by atoms with Crippen LogP contribution in [0.2, 0.25) is 0 Å². The number of aliphatic carboxylic acids is 1. The molecule has 156 valence electrons. The van der Waals surface area contributed by atoms with Crippen molar-refractivity contribution in [3.63, 3.8) is 0 Å². The Morgan fingerprint density at radius 1 is 0.808 bits per heavy atom. The van der Waals surface area contributed by atoms with Gasteiger partial charge in [-0.25, -0.2) is 0 Å². The minimum atomic E-state index is -1.02. The molecule has 0 aromatic heterocycles. The normalized spacial score (nSPS) is 13.5. The summed E-state index contributed by atoms with van der Waals surface area (Å²) in [5, 5.41) is 8.98. The molecule has 0 aromatic rings. The number of carboxylic acids is 1. The molecule has 2 atom stereocenters. The Morgan fingerprint density at radius 2 is 1.19 bits per heavy atom. The number of halogens is 2. The van der Waals surface area contributed by atoms with E-state index in [9.17, 15) is 14.4 Å².